The molecule has 2 aliphatic rings. The Hall–Kier alpha value is -2.93. The second kappa shape index (κ2) is 6.42. The maximum atomic E-state index is 11.7. The molecule has 7 nitrogen and oxygen atoms in total. The Morgan fingerprint density at radius 2 is 1.92 bits per heavy atom. The molecule has 1 N–H and O–H groups in total. The molecule has 2 aromatic rings. The van der Waals surface area contributed by atoms with Gasteiger partial charge in [0.25, 0.3) is 0 Å². The van der Waals surface area contributed by atoms with Crippen molar-refractivity contribution < 1.29 is 9.90 Å². The Bertz CT molecular complexity index is 961. The van der Waals surface area contributed by atoms with Crippen LogP contribution < -0.4 is 4.90 Å². The van der Waals surface area contributed by atoms with Crippen LogP contribution in [0.15, 0.2) is 52.9 Å². The summed E-state index contributed by atoms with van der Waals surface area (Å²) in [5.74, 6) is 0.533. The Labute approximate surface area is 151 Å². The molecule has 2 aromatic heterocycles. The molecule has 0 amide bonds. The lowest BCUT2D eigenvalue weighted by atomic mass is 10.0. The van der Waals surface area contributed by atoms with Gasteiger partial charge in [0.2, 0.25) is 0 Å². The van der Waals surface area contributed by atoms with Gasteiger partial charge in [-0.05, 0) is 38.3 Å². The van der Waals surface area contributed by atoms with E-state index in [1.54, 1.807) is 17.5 Å². The standard InChI is InChI=1S/C19H21N5O2/c1-13-16(25)7-6-14(18(13)26)20-17-15-5-3-4-8-24(15)21-19(17)23-11-9-22(2)10-12-23/h3-8,26H,9-12H2,1-2H3. The third-order valence-corrected chi connectivity index (χ3v) is 4.89. The van der Waals surface area contributed by atoms with E-state index in [0.717, 1.165) is 37.5 Å². The van der Waals surface area contributed by atoms with E-state index in [1.807, 2.05) is 24.4 Å². The highest BCUT2D eigenvalue weighted by molar-refractivity contribution is 6.21. The number of carbonyl (C=O) groups is 1. The van der Waals surface area contributed by atoms with Gasteiger partial charge < -0.3 is 14.9 Å². The molecule has 26 heavy (non-hydrogen) atoms. The number of likely N-dealkylation sites (N-methyl/N-ethyl adjacent to an activating group) is 1. The monoisotopic (exact) mass is 351 g/mol. The first kappa shape index (κ1) is 16.5. The number of allylic oxidation sites excluding steroid dienone is 3. The quantitative estimate of drug-likeness (QED) is 0.839. The van der Waals surface area contributed by atoms with Crippen LogP contribution >= 0.6 is 0 Å². The zero-order chi connectivity index (χ0) is 18.3. The van der Waals surface area contributed by atoms with Gasteiger partial charge in [-0.25, -0.2) is 9.51 Å². The molecule has 0 atom stereocenters. The predicted molar refractivity (Wildman–Crippen MR) is 101 cm³/mol. The average molecular weight is 351 g/mol. The molecule has 0 bridgehead atoms. The number of aromatic nitrogens is 2. The summed E-state index contributed by atoms with van der Waals surface area (Å²) in [6.45, 7) is 5.26. The van der Waals surface area contributed by atoms with Gasteiger partial charge in [0, 0.05) is 37.9 Å². The summed E-state index contributed by atoms with van der Waals surface area (Å²) < 4.78 is 1.80. The van der Waals surface area contributed by atoms with Gasteiger partial charge in [-0.15, -0.1) is 5.10 Å². The Morgan fingerprint density at radius 3 is 2.69 bits per heavy atom. The summed E-state index contributed by atoms with van der Waals surface area (Å²) >= 11 is 0. The summed E-state index contributed by atoms with van der Waals surface area (Å²) in [4.78, 5) is 20.9. The van der Waals surface area contributed by atoms with Crippen molar-refractivity contribution in [3.05, 3.63) is 47.9 Å². The third-order valence-electron chi connectivity index (χ3n) is 4.89. The Kier molecular flexibility index (Phi) is 4.08. The van der Waals surface area contributed by atoms with Crippen molar-refractivity contribution in [2.75, 3.05) is 38.1 Å². The number of rotatable bonds is 2. The van der Waals surface area contributed by atoms with Crippen LogP contribution in [0.2, 0.25) is 0 Å². The highest BCUT2D eigenvalue weighted by atomic mass is 16.3. The first-order valence-corrected chi connectivity index (χ1v) is 8.67. The number of anilines is 1. The second-order valence-electron chi connectivity index (χ2n) is 6.66. The maximum Gasteiger partial charge on any atom is 0.185 e. The van der Waals surface area contributed by atoms with Crippen LogP contribution in [0.4, 0.5) is 11.5 Å². The molecule has 0 radical (unpaired) electrons. The van der Waals surface area contributed by atoms with Crippen molar-refractivity contribution in [3.63, 3.8) is 0 Å². The molecule has 0 saturated carbocycles. The van der Waals surface area contributed by atoms with Crippen molar-refractivity contribution in [3.8, 4) is 0 Å². The number of hydrogen-bond donors (Lipinski definition) is 1. The van der Waals surface area contributed by atoms with E-state index in [9.17, 15) is 9.90 Å². The van der Waals surface area contributed by atoms with Crippen molar-refractivity contribution >= 4 is 28.5 Å². The van der Waals surface area contributed by atoms with Crippen molar-refractivity contribution in [1.29, 1.82) is 0 Å². The van der Waals surface area contributed by atoms with E-state index in [1.165, 1.54) is 6.08 Å². The molecule has 134 valence electrons. The molecule has 1 saturated heterocycles. The van der Waals surface area contributed by atoms with Crippen LogP contribution in [0.1, 0.15) is 6.92 Å². The van der Waals surface area contributed by atoms with E-state index in [4.69, 9.17) is 10.1 Å². The molecule has 3 heterocycles. The molecule has 0 spiro atoms. The number of pyridine rings is 1. The summed E-state index contributed by atoms with van der Waals surface area (Å²) in [7, 11) is 2.11. The van der Waals surface area contributed by atoms with Crippen LogP contribution in [0, 0.1) is 0 Å². The number of aliphatic hydroxyl groups excluding tert-OH is 1. The van der Waals surface area contributed by atoms with Gasteiger partial charge in [0.15, 0.2) is 11.6 Å². The Balaban J connectivity index is 1.83. The lowest BCUT2D eigenvalue weighted by Gasteiger charge is -2.32. The molecule has 4 rings (SSSR count). The van der Waals surface area contributed by atoms with Crippen molar-refractivity contribution in [1.82, 2.24) is 14.5 Å². The van der Waals surface area contributed by atoms with Gasteiger partial charge in [-0.2, -0.15) is 0 Å². The lowest BCUT2D eigenvalue weighted by Crippen LogP contribution is -2.44. The minimum atomic E-state index is -0.194. The minimum Gasteiger partial charge on any atom is -0.505 e. The first-order valence-electron chi connectivity index (χ1n) is 8.67. The molecule has 1 aliphatic heterocycles. The molecular formula is C19H21N5O2. The number of fused-ring (bicyclic) bond motifs is 1. The van der Waals surface area contributed by atoms with E-state index in [2.05, 4.69) is 16.8 Å². The van der Waals surface area contributed by atoms with E-state index < -0.39 is 0 Å². The van der Waals surface area contributed by atoms with Crippen molar-refractivity contribution in [2.45, 2.75) is 6.92 Å². The predicted octanol–water partition coefficient (Wildman–Crippen LogP) is 2.13. The van der Waals surface area contributed by atoms with Crippen LogP contribution in [-0.4, -0.2) is 64.3 Å². The van der Waals surface area contributed by atoms with Gasteiger partial charge >= 0.3 is 0 Å². The van der Waals surface area contributed by atoms with Crippen LogP contribution in [0.3, 0.4) is 0 Å². The number of aliphatic hydroxyl groups is 1. The van der Waals surface area contributed by atoms with Crippen LogP contribution in [0.5, 0.6) is 0 Å². The highest BCUT2D eigenvalue weighted by Crippen LogP contribution is 2.34. The molecule has 0 unspecified atom stereocenters. The number of aliphatic imine (C=N–C) groups is 1. The fourth-order valence-corrected chi connectivity index (χ4v) is 3.19. The first-order chi connectivity index (χ1) is 12.5. The molecule has 7 heteroatoms. The zero-order valence-electron chi connectivity index (χ0n) is 14.9. The summed E-state index contributed by atoms with van der Waals surface area (Å²) in [5.41, 5.74) is 2.27. The minimum absolute atomic E-state index is 0.0721. The Morgan fingerprint density at radius 1 is 1.15 bits per heavy atom. The van der Waals surface area contributed by atoms with Gasteiger partial charge in [-0.3, -0.25) is 4.79 Å². The zero-order valence-corrected chi connectivity index (χ0v) is 14.9. The third kappa shape index (κ3) is 2.80. The largest absolute Gasteiger partial charge is 0.505 e. The second-order valence-corrected chi connectivity index (χ2v) is 6.66. The molecular weight excluding hydrogens is 330 g/mol. The van der Waals surface area contributed by atoms with Gasteiger partial charge in [0.1, 0.15) is 17.2 Å². The molecule has 1 aliphatic carbocycles. The number of carbonyl (C=O) groups excluding carboxylic acids is 1. The fraction of sp³-hybridized carbons (Fsp3) is 0.316. The summed E-state index contributed by atoms with van der Waals surface area (Å²) in [6.07, 6.45) is 4.89. The van der Waals surface area contributed by atoms with E-state index in [-0.39, 0.29) is 11.5 Å². The highest BCUT2D eigenvalue weighted by Gasteiger charge is 2.24. The van der Waals surface area contributed by atoms with Crippen LogP contribution in [0.25, 0.3) is 5.52 Å². The number of ketones is 1. The molecule has 1 fully saturated rings. The molecule has 0 aromatic carbocycles. The van der Waals surface area contributed by atoms with Crippen molar-refractivity contribution in [2.24, 2.45) is 4.99 Å². The maximum absolute atomic E-state index is 11.7. The lowest BCUT2D eigenvalue weighted by molar-refractivity contribution is -0.111. The number of piperazine rings is 1. The SMILES string of the molecule is CC1=C(O)C(=Nc2c(N3CCN(C)CC3)nn3ccccc23)C=CC1=O. The normalized spacial score (nSPS) is 20.6. The summed E-state index contributed by atoms with van der Waals surface area (Å²) in [6, 6.07) is 5.82. The van der Waals surface area contributed by atoms with E-state index >= 15 is 0 Å². The smallest absolute Gasteiger partial charge is 0.185 e. The average Bonchev–Trinajstić information content (AvgIpc) is 3.01. The van der Waals surface area contributed by atoms with Gasteiger partial charge in [0.05, 0.1) is 5.52 Å². The number of nitrogens with zero attached hydrogens (tertiary/aromatic N) is 5. The topological polar surface area (TPSA) is 73.4 Å². The number of hydrogen-bond acceptors (Lipinski definition) is 6. The van der Waals surface area contributed by atoms with E-state index in [0.29, 0.717) is 17.0 Å². The summed E-state index contributed by atoms with van der Waals surface area (Å²) in [5, 5.41) is 15.1. The van der Waals surface area contributed by atoms with Gasteiger partial charge in [-0.1, -0.05) is 6.07 Å². The van der Waals surface area contributed by atoms with Crippen LogP contribution in [-0.2, 0) is 4.79 Å². The fourth-order valence-electron chi connectivity index (χ4n) is 3.19.